The van der Waals surface area contributed by atoms with Gasteiger partial charge in [0, 0.05) is 11.4 Å². The summed E-state index contributed by atoms with van der Waals surface area (Å²) < 4.78 is 0. The molecule has 1 radical (unpaired) electrons. The van der Waals surface area contributed by atoms with E-state index in [2.05, 4.69) is 42.5 Å². The third-order valence-corrected chi connectivity index (χ3v) is 2.66. The lowest BCUT2D eigenvalue weighted by molar-refractivity contribution is 0.690. The zero-order valence-corrected chi connectivity index (χ0v) is 9.83. The van der Waals surface area contributed by atoms with E-state index in [9.17, 15) is 0 Å². The summed E-state index contributed by atoms with van der Waals surface area (Å²) in [7, 11) is 0. The number of aromatic nitrogens is 1. The van der Waals surface area contributed by atoms with Gasteiger partial charge in [-0.3, -0.25) is 0 Å². The Kier molecular flexibility index (Phi) is 3.40. The molecule has 1 atom stereocenters. The molecule has 0 aliphatic heterocycles. The predicted molar refractivity (Wildman–Crippen MR) is 68.6 cm³/mol. The van der Waals surface area contributed by atoms with Crippen LogP contribution in [0.15, 0.2) is 30.3 Å². The minimum Gasteiger partial charge on any atom is -0.381 e. The maximum atomic E-state index is 4.31. The summed E-state index contributed by atoms with van der Waals surface area (Å²) in [6.45, 7) is 4.38. The van der Waals surface area contributed by atoms with Gasteiger partial charge in [-0.15, -0.1) is 0 Å². The number of hydrogen-bond acceptors (Lipinski definition) is 2. The number of benzene rings is 1. The molecule has 2 aromatic rings. The lowest BCUT2D eigenvalue weighted by atomic mass is 10.1. The van der Waals surface area contributed by atoms with Gasteiger partial charge >= 0.3 is 0 Å². The standard InChI is InChI=1S/C14H17N2/c1-3-6-11(2)16-13-9-12-7-4-5-8-14(12)15-10-13/h4-5,7-9,11,16H,3,6H2,1-2H3. The first-order valence-corrected chi connectivity index (χ1v) is 5.83. The normalized spacial score (nSPS) is 12.6. The number of nitrogens with one attached hydrogen (secondary N) is 1. The largest absolute Gasteiger partial charge is 0.381 e. The van der Waals surface area contributed by atoms with Crippen LogP contribution in [-0.4, -0.2) is 11.0 Å². The number of nitrogens with zero attached hydrogens (tertiary/aromatic N) is 1. The maximum Gasteiger partial charge on any atom is 0.115 e. The fourth-order valence-corrected chi connectivity index (χ4v) is 1.86. The predicted octanol–water partition coefficient (Wildman–Crippen LogP) is 3.64. The summed E-state index contributed by atoms with van der Waals surface area (Å²) >= 11 is 0. The van der Waals surface area contributed by atoms with E-state index in [1.54, 1.807) is 0 Å². The van der Waals surface area contributed by atoms with E-state index in [0.29, 0.717) is 6.04 Å². The van der Waals surface area contributed by atoms with Crippen LogP contribution in [-0.2, 0) is 0 Å². The van der Waals surface area contributed by atoms with Crippen molar-refractivity contribution in [2.24, 2.45) is 0 Å². The van der Waals surface area contributed by atoms with Crippen molar-refractivity contribution in [3.63, 3.8) is 0 Å². The Labute approximate surface area is 96.7 Å². The zero-order valence-electron chi connectivity index (χ0n) is 9.83. The van der Waals surface area contributed by atoms with E-state index >= 15 is 0 Å². The van der Waals surface area contributed by atoms with Crippen LogP contribution in [0, 0.1) is 6.20 Å². The third-order valence-electron chi connectivity index (χ3n) is 2.66. The van der Waals surface area contributed by atoms with E-state index in [1.807, 2.05) is 18.2 Å². The summed E-state index contributed by atoms with van der Waals surface area (Å²) in [5.41, 5.74) is 1.98. The van der Waals surface area contributed by atoms with Gasteiger partial charge < -0.3 is 5.32 Å². The SMILES string of the molecule is CCCC(C)Nc1[c]nc2ccccc2c1. The number of anilines is 1. The van der Waals surface area contributed by atoms with Crippen molar-refractivity contribution in [3.8, 4) is 0 Å². The van der Waals surface area contributed by atoms with Crippen molar-refractivity contribution in [3.05, 3.63) is 36.5 Å². The average Bonchev–Trinajstić information content (AvgIpc) is 2.29. The van der Waals surface area contributed by atoms with E-state index < -0.39 is 0 Å². The molecule has 1 N–H and O–H groups in total. The van der Waals surface area contributed by atoms with Crippen molar-refractivity contribution in [2.75, 3.05) is 5.32 Å². The van der Waals surface area contributed by atoms with Crippen molar-refractivity contribution in [1.29, 1.82) is 0 Å². The number of pyridine rings is 1. The molecule has 0 fully saturated rings. The molecule has 1 heterocycles. The van der Waals surface area contributed by atoms with E-state index in [1.165, 1.54) is 12.8 Å². The van der Waals surface area contributed by atoms with Gasteiger partial charge in [-0.25, -0.2) is 4.98 Å². The Bertz CT molecular complexity index is 465. The summed E-state index contributed by atoms with van der Waals surface area (Å²) in [6.07, 6.45) is 5.40. The monoisotopic (exact) mass is 213 g/mol. The smallest absolute Gasteiger partial charge is 0.115 e. The van der Waals surface area contributed by atoms with Crippen LogP contribution in [0.3, 0.4) is 0 Å². The van der Waals surface area contributed by atoms with Crippen LogP contribution in [0.4, 0.5) is 5.69 Å². The van der Waals surface area contributed by atoms with Crippen molar-refractivity contribution < 1.29 is 0 Å². The topological polar surface area (TPSA) is 24.9 Å². The Morgan fingerprint density at radius 1 is 1.38 bits per heavy atom. The number of fused-ring (bicyclic) bond motifs is 1. The number of rotatable bonds is 4. The molecule has 1 unspecified atom stereocenters. The first kappa shape index (κ1) is 10.9. The van der Waals surface area contributed by atoms with Gasteiger partial charge in [0.1, 0.15) is 6.20 Å². The molecule has 0 bridgehead atoms. The molecule has 0 aliphatic carbocycles. The first-order valence-electron chi connectivity index (χ1n) is 5.83. The number of para-hydroxylation sites is 1. The molecular weight excluding hydrogens is 196 g/mol. The molecule has 0 saturated carbocycles. The quantitative estimate of drug-likeness (QED) is 0.838. The minimum absolute atomic E-state index is 0.476. The molecule has 2 heteroatoms. The third kappa shape index (κ3) is 2.51. The fraction of sp³-hybridized carbons (Fsp3) is 0.357. The molecule has 2 nitrogen and oxygen atoms in total. The van der Waals surface area contributed by atoms with E-state index in [0.717, 1.165) is 16.6 Å². The van der Waals surface area contributed by atoms with Crippen LogP contribution in [0.5, 0.6) is 0 Å². The highest BCUT2D eigenvalue weighted by Gasteiger charge is 2.02. The molecule has 1 aromatic carbocycles. The molecule has 0 amide bonds. The van der Waals surface area contributed by atoms with Gasteiger partial charge in [0.05, 0.1) is 11.2 Å². The molecule has 2 rings (SSSR count). The van der Waals surface area contributed by atoms with Crippen LogP contribution in [0.25, 0.3) is 10.9 Å². The molecule has 0 spiro atoms. The second-order valence-corrected chi connectivity index (χ2v) is 4.17. The Morgan fingerprint density at radius 2 is 2.19 bits per heavy atom. The van der Waals surface area contributed by atoms with Crippen molar-refractivity contribution >= 4 is 16.6 Å². The second kappa shape index (κ2) is 4.97. The zero-order chi connectivity index (χ0) is 11.4. The first-order chi connectivity index (χ1) is 7.79. The highest BCUT2D eigenvalue weighted by molar-refractivity contribution is 5.81. The van der Waals surface area contributed by atoms with Gasteiger partial charge in [0.15, 0.2) is 0 Å². The molecule has 0 saturated heterocycles. The lowest BCUT2D eigenvalue weighted by Crippen LogP contribution is -2.14. The molecule has 1 aromatic heterocycles. The second-order valence-electron chi connectivity index (χ2n) is 4.17. The molecule has 83 valence electrons. The summed E-state index contributed by atoms with van der Waals surface area (Å²) in [5, 5.41) is 4.58. The molecule has 16 heavy (non-hydrogen) atoms. The van der Waals surface area contributed by atoms with Gasteiger partial charge in [0.25, 0.3) is 0 Å². The number of hydrogen-bond donors (Lipinski definition) is 1. The highest BCUT2D eigenvalue weighted by atomic mass is 14.9. The minimum atomic E-state index is 0.476. The lowest BCUT2D eigenvalue weighted by Gasteiger charge is -2.13. The summed E-state index contributed by atoms with van der Waals surface area (Å²) in [5.74, 6) is 0. The summed E-state index contributed by atoms with van der Waals surface area (Å²) in [4.78, 5) is 4.31. The van der Waals surface area contributed by atoms with Gasteiger partial charge in [0.2, 0.25) is 0 Å². The van der Waals surface area contributed by atoms with Crippen LogP contribution in [0.2, 0.25) is 0 Å². The summed E-state index contributed by atoms with van der Waals surface area (Å²) in [6, 6.07) is 10.7. The van der Waals surface area contributed by atoms with Crippen molar-refractivity contribution in [1.82, 2.24) is 4.98 Å². The Hall–Kier alpha value is -1.57. The maximum absolute atomic E-state index is 4.31. The Balaban J connectivity index is 2.19. The van der Waals surface area contributed by atoms with Gasteiger partial charge in [-0.1, -0.05) is 31.5 Å². The van der Waals surface area contributed by atoms with Crippen LogP contribution < -0.4 is 5.32 Å². The van der Waals surface area contributed by atoms with E-state index in [4.69, 9.17) is 0 Å². The average molecular weight is 213 g/mol. The highest BCUT2D eigenvalue weighted by Crippen LogP contribution is 2.16. The van der Waals surface area contributed by atoms with E-state index in [-0.39, 0.29) is 0 Å². The van der Waals surface area contributed by atoms with Gasteiger partial charge in [-0.2, -0.15) is 0 Å². The van der Waals surface area contributed by atoms with Crippen molar-refractivity contribution in [2.45, 2.75) is 32.7 Å². The Morgan fingerprint density at radius 3 is 3.00 bits per heavy atom. The molecule has 0 aliphatic rings. The van der Waals surface area contributed by atoms with Gasteiger partial charge in [-0.05, 0) is 25.5 Å². The van der Waals surface area contributed by atoms with Crippen LogP contribution in [0.1, 0.15) is 26.7 Å². The molecular formula is C14H17N2. The van der Waals surface area contributed by atoms with Crippen LogP contribution >= 0.6 is 0 Å². The fourth-order valence-electron chi connectivity index (χ4n) is 1.86.